The lowest BCUT2D eigenvalue weighted by molar-refractivity contribution is 0.574. The smallest absolute Gasteiger partial charge is 0.126 e. The second kappa shape index (κ2) is 6.53. The third kappa shape index (κ3) is 3.92. The Morgan fingerprint density at radius 3 is 2.30 bits per heavy atom. The van der Waals surface area contributed by atoms with Crippen LogP contribution in [0.2, 0.25) is 10.0 Å². The van der Waals surface area contributed by atoms with Crippen molar-refractivity contribution >= 4 is 23.2 Å². The molecule has 0 aliphatic carbocycles. The molecule has 0 aliphatic heterocycles. The van der Waals surface area contributed by atoms with Crippen LogP contribution in [0.1, 0.15) is 11.1 Å². The number of hydrogen-bond donors (Lipinski definition) is 1. The minimum atomic E-state index is -0.604. The summed E-state index contributed by atoms with van der Waals surface area (Å²) in [7, 11) is 0. The van der Waals surface area contributed by atoms with Crippen LogP contribution >= 0.6 is 23.2 Å². The van der Waals surface area contributed by atoms with Crippen molar-refractivity contribution in [1.82, 2.24) is 0 Å². The topological polar surface area (TPSA) is 26.0 Å². The van der Waals surface area contributed by atoms with Crippen LogP contribution in [0.25, 0.3) is 0 Å². The highest BCUT2D eigenvalue weighted by atomic mass is 35.5. The Kier molecular flexibility index (Phi) is 4.97. The molecule has 0 radical (unpaired) electrons. The van der Waals surface area contributed by atoms with E-state index in [-0.39, 0.29) is 6.04 Å². The molecule has 20 heavy (non-hydrogen) atoms. The Morgan fingerprint density at radius 2 is 1.65 bits per heavy atom. The van der Waals surface area contributed by atoms with Crippen molar-refractivity contribution in [3.63, 3.8) is 0 Å². The third-order valence-electron chi connectivity index (χ3n) is 2.93. The van der Waals surface area contributed by atoms with Gasteiger partial charge in [0, 0.05) is 12.1 Å². The SMILES string of the molecule is NC(Cc1cc(F)cc(F)c1)Cc1cccc(Cl)c1Cl. The molecule has 2 N–H and O–H groups in total. The van der Waals surface area contributed by atoms with E-state index in [2.05, 4.69) is 0 Å². The summed E-state index contributed by atoms with van der Waals surface area (Å²) in [6.45, 7) is 0. The molecule has 1 nitrogen and oxygen atoms in total. The van der Waals surface area contributed by atoms with Crippen molar-refractivity contribution < 1.29 is 8.78 Å². The summed E-state index contributed by atoms with van der Waals surface area (Å²) in [4.78, 5) is 0. The summed E-state index contributed by atoms with van der Waals surface area (Å²) in [6.07, 6.45) is 0.842. The first kappa shape index (κ1) is 15.2. The monoisotopic (exact) mass is 315 g/mol. The van der Waals surface area contributed by atoms with E-state index in [9.17, 15) is 8.78 Å². The maximum absolute atomic E-state index is 13.1. The summed E-state index contributed by atoms with van der Waals surface area (Å²) in [5.74, 6) is -1.21. The zero-order valence-corrected chi connectivity index (χ0v) is 12.1. The quantitative estimate of drug-likeness (QED) is 0.890. The average molecular weight is 316 g/mol. The van der Waals surface area contributed by atoms with Crippen LogP contribution in [0.5, 0.6) is 0 Å². The van der Waals surface area contributed by atoms with E-state index < -0.39 is 11.6 Å². The maximum Gasteiger partial charge on any atom is 0.126 e. The molecule has 5 heteroatoms. The number of hydrogen-bond acceptors (Lipinski definition) is 1. The molecule has 0 amide bonds. The predicted octanol–water partition coefficient (Wildman–Crippen LogP) is 4.38. The first-order valence-corrected chi connectivity index (χ1v) is 6.84. The van der Waals surface area contributed by atoms with E-state index in [1.807, 2.05) is 6.07 Å². The minimum Gasteiger partial charge on any atom is -0.327 e. The molecule has 106 valence electrons. The molecule has 0 heterocycles. The molecule has 2 aromatic rings. The Morgan fingerprint density at radius 1 is 1.00 bits per heavy atom. The summed E-state index contributed by atoms with van der Waals surface area (Å²) < 4.78 is 26.2. The second-order valence-electron chi connectivity index (χ2n) is 4.66. The molecule has 2 aromatic carbocycles. The zero-order valence-electron chi connectivity index (χ0n) is 10.5. The van der Waals surface area contributed by atoms with Crippen molar-refractivity contribution in [3.05, 3.63) is 69.2 Å². The van der Waals surface area contributed by atoms with Gasteiger partial charge in [0.1, 0.15) is 11.6 Å². The summed E-state index contributed by atoms with van der Waals surface area (Å²) in [5, 5.41) is 0.934. The highest BCUT2D eigenvalue weighted by molar-refractivity contribution is 6.42. The lowest BCUT2D eigenvalue weighted by Gasteiger charge is -2.13. The molecule has 0 aliphatic rings. The number of nitrogens with two attached hydrogens (primary N) is 1. The summed E-state index contributed by atoms with van der Waals surface area (Å²) in [5.41, 5.74) is 7.35. The van der Waals surface area contributed by atoms with E-state index in [1.54, 1.807) is 12.1 Å². The third-order valence-corrected chi connectivity index (χ3v) is 3.79. The fourth-order valence-electron chi connectivity index (χ4n) is 2.09. The first-order valence-electron chi connectivity index (χ1n) is 6.09. The van der Waals surface area contributed by atoms with Gasteiger partial charge in [0.05, 0.1) is 10.0 Å². The van der Waals surface area contributed by atoms with Crippen LogP contribution in [-0.4, -0.2) is 6.04 Å². The van der Waals surface area contributed by atoms with Crippen LogP contribution < -0.4 is 5.73 Å². The largest absolute Gasteiger partial charge is 0.327 e. The summed E-state index contributed by atoms with van der Waals surface area (Å²) in [6, 6.07) is 8.42. The van der Waals surface area contributed by atoms with Gasteiger partial charge < -0.3 is 5.73 Å². The molecule has 1 atom stereocenters. The molecule has 0 saturated carbocycles. The zero-order chi connectivity index (χ0) is 14.7. The van der Waals surface area contributed by atoms with E-state index in [0.717, 1.165) is 11.6 Å². The normalized spacial score (nSPS) is 12.4. The van der Waals surface area contributed by atoms with Crippen LogP contribution in [0.15, 0.2) is 36.4 Å². The minimum absolute atomic E-state index is 0.299. The van der Waals surface area contributed by atoms with Gasteiger partial charge in [-0.15, -0.1) is 0 Å². The van der Waals surface area contributed by atoms with Gasteiger partial charge in [-0.25, -0.2) is 8.78 Å². The van der Waals surface area contributed by atoms with Gasteiger partial charge >= 0.3 is 0 Å². The van der Waals surface area contributed by atoms with E-state index in [1.165, 1.54) is 12.1 Å². The number of benzene rings is 2. The van der Waals surface area contributed by atoms with Crippen LogP contribution in [0.4, 0.5) is 8.78 Å². The molecule has 2 rings (SSSR count). The average Bonchev–Trinajstić information content (AvgIpc) is 2.33. The number of rotatable bonds is 4. The van der Waals surface area contributed by atoms with E-state index in [4.69, 9.17) is 28.9 Å². The Balaban J connectivity index is 2.09. The van der Waals surface area contributed by atoms with Gasteiger partial charge in [-0.2, -0.15) is 0 Å². The van der Waals surface area contributed by atoms with Crippen LogP contribution in [0.3, 0.4) is 0 Å². The fraction of sp³-hybridized carbons (Fsp3) is 0.200. The van der Waals surface area contributed by atoms with Gasteiger partial charge in [-0.05, 0) is 42.2 Å². The maximum atomic E-state index is 13.1. The van der Waals surface area contributed by atoms with E-state index in [0.29, 0.717) is 28.5 Å². The molecule has 1 unspecified atom stereocenters. The van der Waals surface area contributed by atoms with Crippen molar-refractivity contribution in [2.75, 3.05) is 0 Å². The Bertz CT molecular complexity index is 597. The lowest BCUT2D eigenvalue weighted by Crippen LogP contribution is -2.25. The molecule has 0 fully saturated rings. The first-order chi connectivity index (χ1) is 9.45. The molecule has 0 spiro atoms. The lowest BCUT2D eigenvalue weighted by atomic mass is 9.99. The molecule has 0 saturated heterocycles. The molecule has 0 aromatic heterocycles. The second-order valence-corrected chi connectivity index (χ2v) is 5.44. The summed E-state index contributed by atoms with van der Waals surface area (Å²) >= 11 is 12.0. The predicted molar refractivity (Wildman–Crippen MR) is 78.2 cm³/mol. The molecule has 0 bridgehead atoms. The molecular formula is C15H13Cl2F2N. The number of halogens is 4. The van der Waals surface area contributed by atoms with Crippen molar-refractivity contribution in [2.24, 2.45) is 5.73 Å². The van der Waals surface area contributed by atoms with Gasteiger partial charge in [-0.3, -0.25) is 0 Å². The molecular weight excluding hydrogens is 303 g/mol. The van der Waals surface area contributed by atoms with Crippen molar-refractivity contribution in [3.8, 4) is 0 Å². The van der Waals surface area contributed by atoms with Gasteiger partial charge in [-0.1, -0.05) is 35.3 Å². The van der Waals surface area contributed by atoms with Crippen molar-refractivity contribution in [1.29, 1.82) is 0 Å². The highest BCUT2D eigenvalue weighted by Crippen LogP contribution is 2.26. The van der Waals surface area contributed by atoms with Gasteiger partial charge in [0.2, 0.25) is 0 Å². The van der Waals surface area contributed by atoms with E-state index >= 15 is 0 Å². The Labute approximate surface area is 126 Å². The Hall–Kier alpha value is -1.16. The van der Waals surface area contributed by atoms with Gasteiger partial charge in [0.15, 0.2) is 0 Å². The highest BCUT2D eigenvalue weighted by Gasteiger charge is 2.11. The van der Waals surface area contributed by atoms with Crippen LogP contribution in [0, 0.1) is 11.6 Å². The van der Waals surface area contributed by atoms with Crippen LogP contribution in [-0.2, 0) is 12.8 Å². The fourth-order valence-corrected chi connectivity index (χ4v) is 2.49. The standard InChI is InChI=1S/C15H13Cl2F2N/c16-14-3-1-2-10(15(14)17)7-13(20)6-9-4-11(18)8-12(19)5-9/h1-5,8,13H,6-7,20H2. The van der Waals surface area contributed by atoms with Gasteiger partial charge in [0.25, 0.3) is 0 Å². The van der Waals surface area contributed by atoms with Crippen molar-refractivity contribution in [2.45, 2.75) is 18.9 Å².